The van der Waals surface area contributed by atoms with Gasteiger partial charge in [-0.05, 0) is 97.1 Å². The Hall–Kier alpha value is -3.97. The first kappa shape index (κ1) is 24.2. The van der Waals surface area contributed by atoms with Gasteiger partial charge >= 0.3 is 0 Å². The summed E-state index contributed by atoms with van der Waals surface area (Å²) in [5.74, 6) is 2.48. The SMILES string of the molecule is CN(C)c1ccc(Oc2ccc(S(=O)(=O)c3ccc(Oc4ccc(N(C)C)cc4)cc3)cc2)cc1. The van der Waals surface area contributed by atoms with Gasteiger partial charge < -0.3 is 19.3 Å². The molecular formula is C28H28N2O4S. The van der Waals surface area contributed by atoms with Gasteiger partial charge in [-0.15, -0.1) is 0 Å². The van der Waals surface area contributed by atoms with Crippen molar-refractivity contribution < 1.29 is 17.9 Å². The van der Waals surface area contributed by atoms with Crippen LogP contribution in [0.25, 0.3) is 0 Å². The molecule has 4 aromatic rings. The number of anilines is 2. The standard InChI is InChI=1S/C28H28N2O4S/c1-29(2)21-5-9-23(10-6-21)33-25-13-17-27(18-14-25)35(31,32)28-19-15-26(16-20-28)34-24-11-7-22(8-12-24)30(3)4/h5-20H,1-4H3. The highest BCUT2D eigenvalue weighted by molar-refractivity contribution is 7.91. The van der Waals surface area contributed by atoms with E-state index in [1.54, 1.807) is 48.5 Å². The molecule has 0 aliphatic rings. The number of benzene rings is 4. The minimum absolute atomic E-state index is 0.195. The van der Waals surface area contributed by atoms with Gasteiger partial charge in [-0.25, -0.2) is 8.42 Å². The van der Waals surface area contributed by atoms with Crippen LogP contribution >= 0.6 is 0 Å². The fraction of sp³-hybridized carbons (Fsp3) is 0.143. The molecule has 0 saturated heterocycles. The molecule has 0 spiro atoms. The van der Waals surface area contributed by atoms with Gasteiger partial charge in [0.15, 0.2) is 0 Å². The van der Waals surface area contributed by atoms with Gasteiger partial charge in [0.1, 0.15) is 23.0 Å². The summed E-state index contributed by atoms with van der Waals surface area (Å²) in [6.07, 6.45) is 0. The molecule has 180 valence electrons. The van der Waals surface area contributed by atoms with Crippen molar-refractivity contribution in [3.05, 3.63) is 97.1 Å². The average molecular weight is 489 g/mol. The predicted molar refractivity (Wildman–Crippen MR) is 140 cm³/mol. The van der Waals surface area contributed by atoms with Gasteiger partial charge in [0, 0.05) is 39.6 Å². The van der Waals surface area contributed by atoms with Crippen LogP contribution in [0.1, 0.15) is 0 Å². The summed E-state index contributed by atoms with van der Waals surface area (Å²) >= 11 is 0. The van der Waals surface area contributed by atoms with Crippen LogP contribution in [0.4, 0.5) is 11.4 Å². The van der Waals surface area contributed by atoms with Crippen molar-refractivity contribution in [2.24, 2.45) is 0 Å². The summed E-state index contributed by atoms with van der Waals surface area (Å²) in [7, 11) is 4.22. The molecule has 0 amide bonds. The van der Waals surface area contributed by atoms with Gasteiger partial charge in [0.05, 0.1) is 9.79 Å². The lowest BCUT2D eigenvalue weighted by atomic mass is 10.3. The first-order chi connectivity index (χ1) is 16.7. The van der Waals surface area contributed by atoms with Crippen LogP contribution in [0.15, 0.2) is 107 Å². The first-order valence-electron chi connectivity index (χ1n) is 11.1. The van der Waals surface area contributed by atoms with Crippen molar-refractivity contribution >= 4 is 21.2 Å². The Kier molecular flexibility index (Phi) is 6.98. The van der Waals surface area contributed by atoms with E-state index in [1.165, 1.54) is 0 Å². The molecular weight excluding hydrogens is 460 g/mol. The second kappa shape index (κ2) is 10.1. The fourth-order valence-electron chi connectivity index (χ4n) is 3.41. The lowest BCUT2D eigenvalue weighted by Crippen LogP contribution is -2.07. The zero-order chi connectivity index (χ0) is 25.0. The van der Waals surface area contributed by atoms with Gasteiger partial charge in [-0.1, -0.05) is 0 Å². The highest BCUT2D eigenvalue weighted by atomic mass is 32.2. The van der Waals surface area contributed by atoms with Crippen LogP contribution in [0.3, 0.4) is 0 Å². The van der Waals surface area contributed by atoms with Crippen molar-refractivity contribution in [3.8, 4) is 23.0 Å². The number of sulfone groups is 1. The largest absolute Gasteiger partial charge is 0.457 e. The van der Waals surface area contributed by atoms with E-state index in [0.717, 1.165) is 11.4 Å². The summed E-state index contributed by atoms with van der Waals surface area (Å²) in [5.41, 5.74) is 2.13. The Balaban J connectivity index is 1.44. The molecule has 0 atom stereocenters. The predicted octanol–water partition coefficient (Wildman–Crippen LogP) is 6.24. The lowest BCUT2D eigenvalue weighted by molar-refractivity contribution is 0.482. The molecule has 35 heavy (non-hydrogen) atoms. The highest BCUT2D eigenvalue weighted by Crippen LogP contribution is 2.29. The maximum Gasteiger partial charge on any atom is 0.206 e. The molecule has 0 unspecified atom stereocenters. The van der Waals surface area contributed by atoms with E-state index in [2.05, 4.69) is 0 Å². The van der Waals surface area contributed by atoms with Crippen LogP contribution < -0.4 is 19.3 Å². The first-order valence-corrected chi connectivity index (χ1v) is 12.6. The molecule has 0 aliphatic heterocycles. The van der Waals surface area contributed by atoms with Gasteiger partial charge in [-0.2, -0.15) is 0 Å². The number of hydrogen-bond donors (Lipinski definition) is 0. The zero-order valence-corrected chi connectivity index (χ0v) is 21.0. The molecule has 0 heterocycles. The summed E-state index contributed by atoms with van der Waals surface area (Å²) < 4.78 is 37.9. The lowest BCUT2D eigenvalue weighted by Gasteiger charge is -2.13. The third-order valence-corrected chi connectivity index (χ3v) is 7.23. The monoisotopic (exact) mass is 488 g/mol. The number of hydrogen-bond acceptors (Lipinski definition) is 6. The van der Waals surface area contributed by atoms with Crippen molar-refractivity contribution in [1.82, 2.24) is 0 Å². The minimum atomic E-state index is -3.67. The van der Waals surface area contributed by atoms with Gasteiger partial charge in [0.25, 0.3) is 0 Å². The van der Waals surface area contributed by atoms with Crippen molar-refractivity contribution in [1.29, 1.82) is 0 Å². The molecule has 0 N–H and O–H groups in total. The normalized spacial score (nSPS) is 11.1. The van der Waals surface area contributed by atoms with E-state index in [4.69, 9.17) is 9.47 Å². The zero-order valence-electron chi connectivity index (χ0n) is 20.2. The third-order valence-electron chi connectivity index (χ3n) is 5.45. The Bertz CT molecular complexity index is 1260. The van der Waals surface area contributed by atoms with E-state index in [9.17, 15) is 8.42 Å². The molecule has 0 bridgehead atoms. The van der Waals surface area contributed by atoms with Crippen LogP contribution in [0.5, 0.6) is 23.0 Å². The molecule has 0 aliphatic carbocycles. The average Bonchev–Trinajstić information content (AvgIpc) is 2.85. The molecule has 0 aromatic heterocycles. The van der Waals surface area contributed by atoms with Crippen molar-refractivity contribution in [2.45, 2.75) is 9.79 Å². The van der Waals surface area contributed by atoms with E-state index in [1.807, 2.05) is 86.5 Å². The molecule has 0 radical (unpaired) electrons. The van der Waals surface area contributed by atoms with Crippen molar-refractivity contribution in [3.63, 3.8) is 0 Å². The van der Waals surface area contributed by atoms with Gasteiger partial charge in [-0.3, -0.25) is 0 Å². The van der Waals surface area contributed by atoms with Crippen LogP contribution in [0.2, 0.25) is 0 Å². The highest BCUT2D eigenvalue weighted by Gasteiger charge is 2.18. The Labute approximate surface area is 206 Å². The van der Waals surface area contributed by atoms with Crippen LogP contribution in [-0.4, -0.2) is 36.6 Å². The maximum absolute atomic E-state index is 13.1. The second-order valence-corrected chi connectivity index (χ2v) is 10.4. The second-order valence-electron chi connectivity index (χ2n) is 8.43. The topological polar surface area (TPSA) is 59.1 Å². The van der Waals surface area contributed by atoms with Gasteiger partial charge in [0.2, 0.25) is 9.84 Å². The quantitative estimate of drug-likeness (QED) is 0.293. The summed E-state index contributed by atoms with van der Waals surface area (Å²) in [5, 5.41) is 0. The third kappa shape index (κ3) is 5.75. The summed E-state index contributed by atoms with van der Waals surface area (Å²) in [4.78, 5) is 4.40. The van der Waals surface area contributed by atoms with E-state index in [0.29, 0.717) is 23.0 Å². The van der Waals surface area contributed by atoms with E-state index < -0.39 is 9.84 Å². The summed E-state index contributed by atoms with van der Waals surface area (Å²) in [6, 6.07) is 28.2. The Morgan fingerprint density at radius 3 is 0.971 bits per heavy atom. The van der Waals surface area contributed by atoms with E-state index >= 15 is 0 Å². The minimum Gasteiger partial charge on any atom is -0.457 e. The Morgan fingerprint density at radius 2 is 0.714 bits per heavy atom. The molecule has 4 rings (SSSR count). The Morgan fingerprint density at radius 1 is 0.457 bits per heavy atom. The van der Waals surface area contributed by atoms with Crippen LogP contribution in [-0.2, 0) is 9.84 Å². The smallest absolute Gasteiger partial charge is 0.206 e. The molecule has 6 nitrogen and oxygen atoms in total. The number of nitrogens with zero attached hydrogens (tertiary/aromatic N) is 2. The maximum atomic E-state index is 13.1. The number of rotatable bonds is 8. The summed E-state index contributed by atoms with van der Waals surface area (Å²) in [6.45, 7) is 0. The number of ether oxygens (including phenoxy) is 2. The molecule has 7 heteroatoms. The molecule has 4 aromatic carbocycles. The van der Waals surface area contributed by atoms with Crippen molar-refractivity contribution in [2.75, 3.05) is 38.0 Å². The molecule has 0 saturated carbocycles. The van der Waals surface area contributed by atoms with E-state index in [-0.39, 0.29) is 9.79 Å². The molecule has 0 fully saturated rings. The van der Waals surface area contributed by atoms with Crippen LogP contribution in [0, 0.1) is 0 Å². The fourth-order valence-corrected chi connectivity index (χ4v) is 4.67.